The lowest BCUT2D eigenvalue weighted by atomic mass is 10.1. The monoisotopic (exact) mass is 526 g/mol. The molecule has 0 fully saturated rings. The lowest BCUT2D eigenvalue weighted by Crippen LogP contribution is -2.12. The highest BCUT2D eigenvalue weighted by Gasteiger charge is 2.18. The number of nitrogens with zero attached hydrogens (tertiary/aromatic N) is 5. The first-order valence-corrected chi connectivity index (χ1v) is 12.9. The van der Waals surface area contributed by atoms with Crippen LogP contribution in [0.3, 0.4) is 0 Å². The molecule has 0 saturated heterocycles. The Morgan fingerprint density at radius 2 is 1.57 bits per heavy atom. The van der Waals surface area contributed by atoms with Crippen LogP contribution in [0.25, 0.3) is 56.1 Å². The molecular formula is C31H23FN8. The summed E-state index contributed by atoms with van der Waals surface area (Å²) in [5.74, 6) is 0.170. The summed E-state index contributed by atoms with van der Waals surface area (Å²) in [5.41, 5.74) is 8.15. The van der Waals surface area contributed by atoms with Gasteiger partial charge >= 0.3 is 0 Å². The first-order chi connectivity index (χ1) is 19.7. The zero-order valence-corrected chi connectivity index (χ0v) is 21.3. The number of nitrogens with one attached hydrogen (secondary N) is 3. The van der Waals surface area contributed by atoms with Gasteiger partial charge in [0.05, 0.1) is 16.7 Å². The fraction of sp³-hybridized carbons (Fsp3) is 0.0645. The van der Waals surface area contributed by atoms with E-state index in [0.29, 0.717) is 40.4 Å². The molecule has 3 N–H and O–H groups in total. The number of aromatic nitrogens is 7. The van der Waals surface area contributed by atoms with E-state index >= 15 is 0 Å². The van der Waals surface area contributed by atoms with Crippen LogP contribution in [0.15, 0.2) is 97.5 Å². The molecule has 7 rings (SSSR count). The second kappa shape index (κ2) is 10.1. The summed E-state index contributed by atoms with van der Waals surface area (Å²) < 4.78 is 14.6. The Hall–Kier alpha value is -5.28. The van der Waals surface area contributed by atoms with Gasteiger partial charge in [-0.3, -0.25) is 15.1 Å². The summed E-state index contributed by atoms with van der Waals surface area (Å²) in [5, 5.41) is 11.0. The molecule has 5 heterocycles. The van der Waals surface area contributed by atoms with Gasteiger partial charge in [0.2, 0.25) is 0 Å². The molecule has 40 heavy (non-hydrogen) atoms. The van der Waals surface area contributed by atoms with Gasteiger partial charge in [-0.2, -0.15) is 5.10 Å². The minimum Gasteiger partial charge on any atom is -0.336 e. The summed E-state index contributed by atoms with van der Waals surface area (Å²) in [7, 11) is 0. The largest absolute Gasteiger partial charge is 0.336 e. The molecule has 0 spiro atoms. The van der Waals surface area contributed by atoms with E-state index < -0.39 is 0 Å². The number of fused-ring (bicyclic) bond motifs is 2. The van der Waals surface area contributed by atoms with Gasteiger partial charge in [0.15, 0.2) is 11.5 Å². The molecule has 0 bridgehead atoms. The third kappa shape index (κ3) is 4.48. The van der Waals surface area contributed by atoms with Gasteiger partial charge in [-0.05, 0) is 47.5 Å². The van der Waals surface area contributed by atoms with Crippen LogP contribution >= 0.6 is 0 Å². The Morgan fingerprint density at radius 3 is 2.48 bits per heavy atom. The van der Waals surface area contributed by atoms with Crippen molar-refractivity contribution in [3.05, 3.63) is 114 Å². The van der Waals surface area contributed by atoms with Crippen molar-refractivity contribution >= 4 is 22.1 Å². The predicted octanol–water partition coefficient (Wildman–Crippen LogP) is 6.05. The summed E-state index contributed by atoms with van der Waals surface area (Å²) in [6, 6.07) is 24.6. The molecular weight excluding hydrogens is 503 g/mol. The van der Waals surface area contributed by atoms with Crippen LogP contribution in [0, 0.1) is 5.82 Å². The molecule has 0 atom stereocenters. The Labute approximate surface area is 228 Å². The summed E-state index contributed by atoms with van der Waals surface area (Å²) in [4.78, 5) is 21.9. The van der Waals surface area contributed by atoms with Crippen LogP contribution < -0.4 is 5.32 Å². The Balaban J connectivity index is 1.21. The minimum atomic E-state index is -0.352. The van der Waals surface area contributed by atoms with Gasteiger partial charge in [-0.1, -0.05) is 42.5 Å². The van der Waals surface area contributed by atoms with Crippen LogP contribution in [-0.2, 0) is 13.1 Å². The van der Waals surface area contributed by atoms with E-state index in [9.17, 15) is 4.39 Å². The topological polar surface area (TPSA) is 108 Å². The molecule has 0 amide bonds. The lowest BCUT2D eigenvalue weighted by molar-refractivity contribution is 0.631. The molecule has 0 unspecified atom stereocenters. The molecule has 2 aromatic carbocycles. The maximum atomic E-state index is 14.6. The maximum absolute atomic E-state index is 14.6. The minimum absolute atomic E-state index is 0.352. The highest BCUT2D eigenvalue weighted by atomic mass is 19.1. The van der Waals surface area contributed by atoms with E-state index in [1.807, 2.05) is 48.8 Å². The number of hydrogen-bond donors (Lipinski definition) is 3. The zero-order valence-electron chi connectivity index (χ0n) is 21.3. The van der Waals surface area contributed by atoms with Gasteiger partial charge in [0.25, 0.3) is 0 Å². The average Bonchev–Trinajstić information content (AvgIpc) is 3.62. The number of imidazole rings is 1. The fourth-order valence-corrected chi connectivity index (χ4v) is 4.79. The van der Waals surface area contributed by atoms with Gasteiger partial charge in [0.1, 0.15) is 22.5 Å². The number of pyridine rings is 3. The highest BCUT2D eigenvalue weighted by molar-refractivity contribution is 5.95. The van der Waals surface area contributed by atoms with Crippen molar-refractivity contribution in [2.45, 2.75) is 13.1 Å². The van der Waals surface area contributed by atoms with E-state index in [4.69, 9.17) is 9.97 Å². The molecule has 9 heteroatoms. The molecule has 7 aromatic rings. The van der Waals surface area contributed by atoms with E-state index in [2.05, 4.69) is 48.7 Å². The van der Waals surface area contributed by atoms with Crippen molar-refractivity contribution in [2.75, 3.05) is 0 Å². The zero-order chi connectivity index (χ0) is 26.9. The molecule has 0 aliphatic heterocycles. The number of aromatic amines is 2. The maximum Gasteiger partial charge on any atom is 0.161 e. The van der Waals surface area contributed by atoms with Crippen molar-refractivity contribution in [1.82, 2.24) is 40.4 Å². The Morgan fingerprint density at radius 1 is 0.750 bits per heavy atom. The van der Waals surface area contributed by atoms with E-state index in [1.165, 1.54) is 11.6 Å². The summed E-state index contributed by atoms with van der Waals surface area (Å²) in [6.07, 6.45) is 5.31. The fourth-order valence-electron chi connectivity index (χ4n) is 4.79. The van der Waals surface area contributed by atoms with E-state index in [0.717, 1.165) is 34.4 Å². The van der Waals surface area contributed by atoms with Gasteiger partial charge in [-0.25, -0.2) is 14.4 Å². The Kier molecular flexibility index (Phi) is 6.02. The first kappa shape index (κ1) is 23.8. The molecule has 0 radical (unpaired) electrons. The van der Waals surface area contributed by atoms with Gasteiger partial charge in [0, 0.05) is 42.8 Å². The van der Waals surface area contributed by atoms with Gasteiger partial charge < -0.3 is 10.3 Å². The number of H-pyrrole nitrogens is 2. The third-order valence-corrected chi connectivity index (χ3v) is 6.75. The third-order valence-electron chi connectivity index (χ3n) is 6.75. The van der Waals surface area contributed by atoms with Gasteiger partial charge in [-0.15, -0.1) is 0 Å². The molecule has 0 aliphatic carbocycles. The van der Waals surface area contributed by atoms with Crippen LogP contribution in [0.2, 0.25) is 0 Å². The smallest absolute Gasteiger partial charge is 0.161 e. The van der Waals surface area contributed by atoms with E-state index in [1.54, 1.807) is 24.4 Å². The number of hydrogen-bond acceptors (Lipinski definition) is 6. The molecule has 0 saturated carbocycles. The van der Waals surface area contributed by atoms with Crippen molar-refractivity contribution in [1.29, 1.82) is 0 Å². The summed E-state index contributed by atoms with van der Waals surface area (Å²) >= 11 is 0. The normalized spacial score (nSPS) is 11.4. The quantitative estimate of drug-likeness (QED) is 0.233. The second-order valence-corrected chi connectivity index (χ2v) is 9.46. The molecule has 8 nitrogen and oxygen atoms in total. The molecule has 0 aliphatic rings. The number of benzene rings is 2. The molecule has 194 valence electrons. The van der Waals surface area contributed by atoms with Crippen molar-refractivity contribution in [3.63, 3.8) is 0 Å². The van der Waals surface area contributed by atoms with Crippen molar-refractivity contribution in [2.24, 2.45) is 0 Å². The standard InChI is InChI=1S/C31H23FN8/c32-23-9-5-4-8-22(23)27-28-25(12-13-35-27)37-31(38-28)30-29-26(39-40-30)11-10-24(36-29)21-14-20(17-34-18-21)16-33-15-19-6-2-1-3-7-19/h1-14,17-18,33H,15-16H2,(H,37,38)(H,39,40). The predicted molar refractivity (Wildman–Crippen MR) is 152 cm³/mol. The van der Waals surface area contributed by atoms with Crippen molar-refractivity contribution < 1.29 is 4.39 Å². The van der Waals surface area contributed by atoms with Crippen LogP contribution in [0.5, 0.6) is 0 Å². The highest BCUT2D eigenvalue weighted by Crippen LogP contribution is 2.31. The Bertz CT molecular complexity index is 1960. The van der Waals surface area contributed by atoms with Crippen molar-refractivity contribution in [3.8, 4) is 34.0 Å². The first-order valence-electron chi connectivity index (χ1n) is 12.9. The number of rotatable bonds is 7. The van der Waals surface area contributed by atoms with Crippen LogP contribution in [0.1, 0.15) is 11.1 Å². The van der Waals surface area contributed by atoms with E-state index in [-0.39, 0.29) is 5.82 Å². The lowest BCUT2D eigenvalue weighted by Gasteiger charge is -2.07. The number of halogens is 1. The molecule has 5 aromatic heterocycles. The average molecular weight is 527 g/mol. The summed E-state index contributed by atoms with van der Waals surface area (Å²) in [6.45, 7) is 1.46. The van der Waals surface area contributed by atoms with Crippen LogP contribution in [0.4, 0.5) is 4.39 Å². The SMILES string of the molecule is Fc1ccccc1-c1nccc2[nH]c(-c3n[nH]c4ccc(-c5cncc(CNCc6ccccc6)c5)nc34)nc12. The van der Waals surface area contributed by atoms with Crippen LogP contribution in [-0.4, -0.2) is 35.1 Å². The second-order valence-electron chi connectivity index (χ2n) is 9.46.